The highest BCUT2D eigenvalue weighted by Gasteiger charge is 2.23. The molecule has 0 heterocycles. The van der Waals surface area contributed by atoms with Gasteiger partial charge in [-0.05, 0) is 56.7 Å². The molecule has 1 aromatic carbocycles. The van der Waals surface area contributed by atoms with E-state index in [9.17, 15) is 19.2 Å². The number of esters is 1. The lowest BCUT2D eigenvalue weighted by atomic mass is 10.1. The zero-order chi connectivity index (χ0) is 29.4. The summed E-state index contributed by atoms with van der Waals surface area (Å²) in [7, 11) is 1.25. The van der Waals surface area contributed by atoms with E-state index < -0.39 is 36.6 Å². The van der Waals surface area contributed by atoms with Gasteiger partial charge in [0.05, 0.1) is 13.7 Å². The van der Waals surface area contributed by atoms with E-state index in [0.29, 0.717) is 18.4 Å². The summed E-state index contributed by atoms with van der Waals surface area (Å²) in [5.41, 5.74) is 0.546. The van der Waals surface area contributed by atoms with Gasteiger partial charge in [0.25, 0.3) is 0 Å². The van der Waals surface area contributed by atoms with E-state index in [-0.39, 0.29) is 49.7 Å². The first-order valence-corrected chi connectivity index (χ1v) is 13.0. The van der Waals surface area contributed by atoms with Gasteiger partial charge >= 0.3 is 24.4 Å². The van der Waals surface area contributed by atoms with Crippen LogP contribution in [0.5, 0.6) is 11.5 Å². The monoisotopic (exact) mass is 555 g/mol. The van der Waals surface area contributed by atoms with Crippen molar-refractivity contribution in [2.75, 3.05) is 26.9 Å². The molecule has 0 saturated carbocycles. The Labute approximate surface area is 229 Å². The first kappa shape index (κ1) is 33.5. The standard InChI is InChI=1S/C27H41NO11/c1-8-18(5)36-26(31)38-22-11-10-20(15-23(22)39-27(32)37-19(6)9-2)14-21(24(29)33-7)28-12-13-34-25(30)35-16-17(3)4/h10-11,15,17-19,21,28H,8-9,12-14,16H2,1-7H3/t18?,19?,21-/m0/s1. The first-order valence-electron chi connectivity index (χ1n) is 13.0. The van der Waals surface area contributed by atoms with E-state index in [1.54, 1.807) is 19.9 Å². The van der Waals surface area contributed by atoms with Crippen molar-refractivity contribution in [1.82, 2.24) is 5.32 Å². The second-order valence-corrected chi connectivity index (χ2v) is 9.20. The number of benzene rings is 1. The molecule has 0 aliphatic rings. The minimum absolute atomic E-state index is 0.0364. The van der Waals surface area contributed by atoms with E-state index in [1.165, 1.54) is 19.2 Å². The average Bonchev–Trinajstić information content (AvgIpc) is 2.89. The summed E-state index contributed by atoms with van der Waals surface area (Å²) in [6.45, 7) is 11.3. The van der Waals surface area contributed by atoms with Crippen LogP contribution in [0.25, 0.3) is 0 Å². The van der Waals surface area contributed by atoms with E-state index in [4.69, 9.17) is 33.2 Å². The molecule has 0 spiro atoms. The lowest BCUT2D eigenvalue weighted by molar-refractivity contribution is -0.143. The highest BCUT2D eigenvalue weighted by molar-refractivity contribution is 5.76. The maximum atomic E-state index is 12.4. The summed E-state index contributed by atoms with van der Waals surface area (Å²) in [6.07, 6.45) is -2.23. The van der Waals surface area contributed by atoms with Gasteiger partial charge in [0.1, 0.15) is 24.9 Å². The molecule has 0 amide bonds. The molecule has 12 heteroatoms. The number of rotatable bonds is 15. The third-order valence-corrected chi connectivity index (χ3v) is 5.31. The van der Waals surface area contributed by atoms with Gasteiger partial charge in [-0.3, -0.25) is 4.79 Å². The second-order valence-electron chi connectivity index (χ2n) is 9.20. The SMILES string of the molecule is CCC(C)OC(=O)Oc1ccc(C[C@H](NCCOC(=O)OCC(C)C)C(=O)OC)cc1OC(=O)OC(C)CC. The third kappa shape index (κ3) is 13.7. The Balaban J connectivity index is 2.98. The number of ether oxygens (including phenoxy) is 7. The second kappa shape index (κ2) is 17.9. The molecule has 1 rings (SSSR count). The third-order valence-electron chi connectivity index (χ3n) is 5.31. The fraction of sp³-hybridized carbons (Fsp3) is 0.630. The summed E-state index contributed by atoms with van der Waals surface area (Å²) in [6, 6.07) is 3.63. The smallest absolute Gasteiger partial charge is 0.468 e. The molecule has 0 aliphatic carbocycles. The van der Waals surface area contributed by atoms with Crippen molar-refractivity contribution in [3.8, 4) is 11.5 Å². The van der Waals surface area contributed by atoms with Gasteiger partial charge in [-0.1, -0.05) is 33.8 Å². The fourth-order valence-corrected chi connectivity index (χ4v) is 2.83. The van der Waals surface area contributed by atoms with Gasteiger partial charge in [0, 0.05) is 6.54 Å². The van der Waals surface area contributed by atoms with Gasteiger partial charge in [-0.15, -0.1) is 0 Å². The van der Waals surface area contributed by atoms with E-state index >= 15 is 0 Å². The Hall–Kier alpha value is -3.54. The van der Waals surface area contributed by atoms with Gasteiger partial charge in [0.15, 0.2) is 11.5 Å². The normalized spacial score (nSPS) is 13.0. The van der Waals surface area contributed by atoms with Crippen LogP contribution in [0.4, 0.5) is 14.4 Å². The van der Waals surface area contributed by atoms with E-state index in [2.05, 4.69) is 5.32 Å². The van der Waals surface area contributed by atoms with Gasteiger partial charge in [0.2, 0.25) is 0 Å². The molecule has 0 aromatic heterocycles. The number of carbonyl (C=O) groups is 4. The summed E-state index contributed by atoms with van der Waals surface area (Å²) in [5.74, 6) is -0.549. The van der Waals surface area contributed by atoms with Crippen LogP contribution in [0.15, 0.2) is 18.2 Å². The molecular formula is C27H41NO11. The average molecular weight is 556 g/mol. The van der Waals surface area contributed by atoms with Crippen molar-refractivity contribution in [1.29, 1.82) is 0 Å². The topological polar surface area (TPSA) is 145 Å². The van der Waals surface area contributed by atoms with Crippen molar-refractivity contribution >= 4 is 24.4 Å². The first-order chi connectivity index (χ1) is 18.5. The van der Waals surface area contributed by atoms with Crippen molar-refractivity contribution in [2.24, 2.45) is 5.92 Å². The van der Waals surface area contributed by atoms with Crippen molar-refractivity contribution in [3.05, 3.63) is 23.8 Å². The Morgan fingerprint density at radius 2 is 1.41 bits per heavy atom. The minimum atomic E-state index is -0.981. The number of hydrogen-bond donors (Lipinski definition) is 1. The van der Waals surface area contributed by atoms with Crippen LogP contribution in [0.2, 0.25) is 0 Å². The van der Waals surface area contributed by atoms with Crippen molar-refractivity contribution in [2.45, 2.75) is 79.1 Å². The van der Waals surface area contributed by atoms with Gasteiger partial charge < -0.3 is 38.5 Å². The zero-order valence-electron chi connectivity index (χ0n) is 23.8. The van der Waals surface area contributed by atoms with E-state index in [1.807, 2.05) is 27.7 Å². The summed E-state index contributed by atoms with van der Waals surface area (Å²) in [5, 5.41) is 2.96. The van der Waals surface area contributed by atoms with Crippen LogP contribution in [0, 0.1) is 5.92 Å². The van der Waals surface area contributed by atoms with E-state index in [0.717, 1.165) is 0 Å². The van der Waals surface area contributed by atoms with Crippen LogP contribution in [-0.4, -0.2) is 69.6 Å². The van der Waals surface area contributed by atoms with Crippen LogP contribution in [-0.2, 0) is 34.9 Å². The maximum absolute atomic E-state index is 12.4. The number of methoxy groups -OCH3 is 1. The van der Waals surface area contributed by atoms with Crippen LogP contribution < -0.4 is 14.8 Å². The molecule has 1 aromatic rings. The Bertz CT molecular complexity index is 934. The van der Waals surface area contributed by atoms with Crippen LogP contribution in [0.3, 0.4) is 0 Å². The molecule has 3 atom stereocenters. The largest absolute Gasteiger partial charge is 0.514 e. The highest BCUT2D eigenvalue weighted by atomic mass is 16.8. The molecule has 0 aliphatic heterocycles. The predicted octanol–water partition coefficient (Wildman–Crippen LogP) is 4.80. The summed E-state index contributed by atoms with van der Waals surface area (Å²) in [4.78, 5) is 48.4. The van der Waals surface area contributed by atoms with Crippen molar-refractivity contribution in [3.63, 3.8) is 0 Å². The summed E-state index contributed by atoms with van der Waals surface area (Å²) >= 11 is 0. The number of nitrogens with one attached hydrogen (secondary N) is 1. The molecule has 0 fully saturated rings. The lowest BCUT2D eigenvalue weighted by Crippen LogP contribution is -2.41. The van der Waals surface area contributed by atoms with Crippen molar-refractivity contribution < 1.29 is 52.3 Å². The quantitative estimate of drug-likeness (QED) is 0.137. The molecule has 39 heavy (non-hydrogen) atoms. The van der Waals surface area contributed by atoms with Gasteiger partial charge in [-0.25, -0.2) is 14.4 Å². The Morgan fingerprint density at radius 1 is 0.821 bits per heavy atom. The number of carbonyl (C=O) groups excluding carboxylic acids is 4. The minimum Gasteiger partial charge on any atom is -0.468 e. The maximum Gasteiger partial charge on any atom is 0.514 e. The molecule has 2 unspecified atom stereocenters. The predicted molar refractivity (Wildman–Crippen MR) is 140 cm³/mol. The fourth-order valence-electron chi connectivity index (χ4n) is 2.83. The Morgan fingerprint density at radius 3 is 1.95 bits per heavy atom. The molecule has 0 saturated heterocycles. The molecule has 1 N–H and O–H groups in total. The highest BCUT2D eigenvalue weighted by Crippen LogP contribution is 2.30. The molecular weight excluding hydrogens is 514 g/mol. The molecule has 220 valence electrons. The zero-order valence-corrected chi connectivity index (χ0v) is 23.8. The lowest BCUT2D eigenvalue weighted by Gasteiger charge is -2.18. The van der Waals surface area contributed by atoms with Crippen LogP contribution >= 0.6 is 0 Å². The molecule has 12 nitrogen and oxygen atoms in total. The van der Waals surface area contributed by atoms with Crippen LogP contribution in [0.1, 0.15) is 59.9 Å². The summed E-state index contributed by atoms with van der Waals surface area (Å²) < 4.78 is 35.7. The molecule has 0 radical (unpaired) electrons. The number of hydrogen-bond acceptors (Lipinski definition) is 12. The Kier molecular flexibility index (Phi) is 15.3. The molecule has 0 bridgehead atoms. The van der Waals surface area contributed by atoms with Gasteiger partial charge in [-0.2, -0.15) is 0 Å².